The van der Waals surface area contributed by atoms with Crippen LogP contribution in [-0.4, -0.2) is 4.57 Å². The Morgan fingerprint density at radius 1 is 0.429 bits per heavy atom. The molecule has 10 rings (SSSR count). The number of nitrogens with zero attached hydrogens (tertiary/aromatic N) is 2. The third kappa shape index (κ3) is 4.29. The molecule has 0 radical (unpaired) electrons. The Bertz CT molecular complexity index is 2810. The molecule has 0 amide bonds. The molecule has 49 heavy (non-hydrogen) atoms. The van der Waals surface area contributed by atoms with Gasteiger partial charge >= 0.3 is 0 Å². The summed E-state index contributed by atoms with van der Waals surface area (Å²) in [5.74, 6) is 0. The molecule has 0 fully saturated rings. The standard InChI is InChI=1S/C46H30N2O/c1-3-14-31(15-4-1)32-26-28-35(29-27-32)48(42-30-33-16-7-8-19-36(33)46-45(42)38-21-10-12-25-43(38)49-46)41-24-13-23-40-44(41)37-20-9-11-22-39(37)47(40)34-17-5-2-6-18-34/h1-30H. The lowest BCUT2D eigenvalue weighted by Gasteiger charge is -2.28. The van der Waals surface area contributed by atoms with E-state index in [0.29, 0.717) is 0 Å². The molecule has 0 atom stereocenters. The van der Waals surface area contributed by atoms with Gasteiger partial charge in [0.2, 0.25) is 0 Å². The number of hydrogen-bond acceptors (Lipinski definition) is 2. The zero-order valence-electron chi connectivity index (χ0n) is 26.6. The van der Waals surface area contributed by atoms with Gasteiger partial charge in [0.05, 0.1) is 27.8 Å². The summed E-state index contributed by atoms with van der Waals surface area (Å²) >= 11 is 0. The Balaban J connectivity index is 1.33. The number of rotatable bonds is 5. The average Bonchev–Trinajstić information content (AvgIpc) is 3.73. The van der Waals surface area contributed by atoms with Crippen LogP contribution in [0.2, 0.25) is 0 Å². The molecule has 8 aromatic carbocycles. The first kappa shape index (κ1) is 27.5. The monoisotopic (exact) mass is 626 g/mol. The second kappa shape index (κ2) is 11.0. The molecule has 230 valence electrons. The van der Waals surface area contributed by atoms with Crippen molar-refractivity contribution in [1.82, 2.24) is 4.57 Å². The molecule has 0 aliphatic rings. The number of anilines is 3. The molecular formula is C46H30N2O. The molecule has 0 aliphatic carbocycles. The van der Waals surface area contributed by atoms with Crippen molar-refractivity contribution in [3.05, 3.63) is 182 Å². The quantitative estimate of drug-likeness (QED) is 0.190. The highest BCUT2D eigenvalue weighted by Gasteiger charge is 2.25. The molecule has 0 bridgehead atoms. The number of furan rings is 1. The predicted octanol–water partition coefficient (Wildman–Crippen LogP) is 13.0. The number of para-hydroxylation sites is 3. The van der Waals surface area contributed by atoms with Gasteiger partial charge in [0.15, 0.2) is 0 Å². The van der Waals surface area contributed by atoms with Crippen LogP contribution >= 0.6 is 0 Å². The van der Waals surface area contributed by atoms with Gasteiger partial charge < -0.3 is 13.9 Å². The van der Waals surface area contributed by atoms with Crippen molar-refractivity contribution in [2.45, 2.75) is 0 Å². The molecule has 0 spiro atoms. The van der Waals surface area contributed by atoms with Gasteiger partial charge in [-0.25, -0.2) is 0 Å². The molecule has 2 aromatic heterocycles. The van der Waals surface area contributed by atoms with Crippen LogP contribution in [0.3, 0.4) is 0 Å². The molecule has 3 heteroatoms. The van der Waals surface area contributed by atoms with Crippen LogP contribution in [-0.2, 0) is 0 Å². The summed E-state index contributed by atoms with van der Waals surface area (Å²) in [5, 5.41) is 6.85. The summed E-state index contributed by atoms with van der Waals surface area (Å²) < 4.78 is 9.08. The predicted molar refractivity (Wildman–Crippen MR) is 206 cm³/mol. The van der Waals surface area contributed by atoms with Gasteiger partial charge in [-0.2, -0.15) is 0 Å². The topological polar surface area (TPSA) is 21.3 Å². The third-order valence-electron chi connectivity index (χ3n) is 9.75. The molecule has 0 unspecified atom stereocenters. The fourth-order valence-corrected chi connectivity index (χ4v) is 7.60. The van der Waals surface area contributed by atoms with Gasteiger partial charge in [0.1, 0.15) is 11.2 Å². The highest BCUT2D eigenvalue weighted by atomic mass is 16.3. The van der Waals surface area contributed by atoms with E-state index in [0.717, 1.165) is 61.0 Å². The van der Waals surface area contributed by atoms with Crippen molar-refractivity contribution < 1.29 is 4.42 Å². The van der Waals surface area contributed by atoms with E-state index < -0.39 is 0 Å². The lowest BCUT2D eigenvalue weighted by atomic mass is 10.0. The number of hydrogen-bond donors (Lipinski definition) is 0. The van der Waals surface area contributed by atoms with E-state index in [1.165, 1.54) is 27.4 Å². The van der Waals surface area contributed by atoms with Gasteiger partial charge in [-0.05, 0) is 71.1 Å². The molecule has 10 aromatic rings. The van der Waals surface area contributed by atoms with Crippen molar-refractivity contribution in [2.24, 2.45) is 0 Å². The maximum atomic E-state index is 6.69. The van der Waals surface area contributed by atoms with Crippen molar-refractivity contribution in [1.29, 1.82) is 0 Å². The molecular weight excluding hydrogens is 597 g/mol. The minimum Gasteiger partial charge on any atom is -0.455 e. The second-order valence-corrected chi connectivity index (χ2v) is 12.5. The van der Waals surface area contributed by atoms with Gasteiger partial charge in [0, 0.05) is 32.9 Å². The maximum absolute atomic E-state index is 6.69. The molecule has 0 aliphatic heterocycles. The summed E-state index contributed by atoms with van der Waals surface area (Å²) in [6, 6.07) is 64.9. The average molecular weight is 627 g/mol. The molecule has 0 N–H and O–H groups in total. The molecule has 0 saturated carbocycles. The second-order valence-electron chi connectivity index (χ2n) is 12.5. The van der Waals surface area contributed by atoms with Crippen molar-refractivity contribution >= 4 is 71.6 Å². The van der Waals surface area contributed by atoms with E-state index in [4.69, 9.17) is 4.42 Å². The third-order valence-corrected chi connectivity index (χ3v) is 9.75. The Morgan fingerprint density at radius 2 is 1.06 bits per heavy atom. The SMILES string of the molecule is c1ccc(-c2ccc(N(c3cc4ccccc4c4oc5ccccc5c34)c3cccc4c3c3ccccc3n4-c3ccccc3)cc2)cc1. The van der Waals surface area contributed by atoms with E-state index in [-0.39, 0.29) is 0 Å². The van der Waals surface area contributed by atoms with Gasteiger partial charge in [-0.1, -0.05) is 127 Å². The molecule has 0 saturated heterocycles. The molecule has 3 nitrogen and oxygen atoms in total. The van der Waals surface area contributed by atoms with E-state index in [2.05, 4.69) is 185 Å². The van der Waals surface area contributed by atoms with Gasteiger partial charge in [0.25, 0.3) is 0 Å². The van der Waals surface area contributed by atoms with E-state index in [9.17, 15) is 0 Å². The first-order valence-corrected chi connectivity index (χ1v) is 16.7. The first-order chi connectivity index (χ1) is 24.3. The fourth-order valence-electron chi connectivity index (χ4n) is 7.60. The zero-order valence-corrected chi connectivity index (χ0v) is 26.6. The van der Waals surface area contributed by atoms with Crippen LogP contribution in [0.4, 0.5) is 17.1 Å². The van der Waals surface area contributed by atoms with Crippen molar-refractivity contribution in [3.63, 3.8) is 0 Å². The van der Waals surface area contributed by atoms with Crippen LogP contribution in [0.1, 0.15) is 0 Å². The summed E-state index contributed by atoms with van der Waals surface area (Å²) in [7, 11) is 0. The Hall–Kier alpha value is -6.58. The highest BCUT2D eigenvalue weighted by molar-refractivity contribution is 6.24. The number of fused-ring (bicyclic) bond motifs is 8. The van der Waals surface area contributed by atoms with Crippen molar-refractivity contribution in [3.8, 4) is 16.8 Å². The summed E-state index contributed by atoms with van der Waals surface area (Å²) in [6.07, 6.45) is 0. The lowest BCUT2D eigenvalue weighted by Crippen LogP contribution is -2.11. The smallest absolute Gasteiger partial charge is 0.145 e. The Labute approximate surface area is 283 Å². The van der Waals surface area contributed by atoms with Crippen LogP contribution in [0.15, 0.2) is 186 Å². The minimum absolute atomic E-state index is 0.883. The minimum atomic E-state index is 0.883. The Kier molecular flexibility index (Phi) is 6.18. The van der Waals surface area contributed by atoms with Gasteiger partial charge in [-0.15, -0.1) is 0 Å². The largest absolute Gasteiger partial charge is 0.455 e. The fraction of sp³-hybridized carbons (Fsp3) is 0. The Morgan fingerprint density at radius 3 is 1.88 bits per heavy atom. The lowest BCUT2D eigenvalue weighted by molar-refractivity contribution is 0.672. The zero-order chi connectivity index (χ0) is 32.3. The highest BCUT2D eigenvalue weighted by Crippen LogP contribution is 2.49. The maximum Gasteiger partial charge on any atom is 0.145 e. The van der Waals surface area contributed by atoms with E-state index in [1.54, 1.807) is 0 Å². The van der Waals surface area contributed by atoms with E-state index >= 15 is 0 Å². The van der Waals surface area contributed by atoms with Crippen LogP contribution in [0.5, 0.6) is 0 Å². The van der Waals surface area contributed by atoms with Gasteiger partial charge in [-0.3, -0.25) is 0 Å². The van der Waals surface area contributed by atoms with Crippen LogP contribution < -0.4 is 4.90 Å². The normalized spacial score (nSPS) is 11.7. The number of benzene rings is 8. The number of aromatic nitrogens is 1. The van der Waals surface area contributed by atoms with E-state index in [1.807, 2.05) is 6.07 Å². The molecule has 2 heterocycles. The first-order valence-electron chi connectivity index (χ1n) is 16.7. The summed E-state index contributed by atoms with van der Waals surface area (Å²) in [5.41, 5.74) is 10.9. The van der Waals surface area contributed by atoms with Crippen LogP contribution in [0.25, 0.3) is 71.3 Å². The summed E-state index contributed by atoms with van der Waals surface area (Å²) in [4.78, 5) is 2.44. The summed E-state index contributed by atoms with van der Waals surface area (Å²) in [6.45, 7) is 0. The van der Waals surface area contributed by atoms with Crippen molar-refractivity contribution in [2.75, 3.05) is 4.90 Å². The van der Waals surface area contributed by atoms with Crippen LogP contribution in [0, 0.1) is 0 Å².